The number of nitrogens with zero attached hydrogens (tertiary/aromatic N) is 1. The Balaban J connectivity index is 1.29. The number of ketones is 2. The number of Topliss-reactive ketones (excluding diaryl/α,β-unsaturated/α-hetero) is 2. The SMILES string of the molecule is CN[C@@H](CO)C(=O)N1CCC[C@H]1C(=O)C(=O)CNC[C@H](CC(C)C)NC(=O)OCC1c2ccccc2-c2ccccc21. The minimum atomic E-state index is -0.820. The molecule has 10 nitrogen and oxygen atoms in total. The number of benzene rings is 2. The van der Waals surface area contributed by atoms with Crippen molar-refractivity contribution in [2.24, 2.45) is 5.92 Å². The van der Waals surface area contributed by atoms with Crippen LogP contribution in [0.4, 0.5) is 4.79 Å². The van der Waals surface area contributed by atoms with Crippen molar-refractivity contribution in [3.05, 3.63) is 59.7 Å². The molecule has 2 aliphatic rings. The van der Waals surface area contributed by atoms with Crippen molar-refractivity contribution in [2.45, 2.75) is 57.2 Å². The molecule has 0 bridgehead atoms. The van der Waals surface area contributed by atoms with Gasteiger partial charge in [-0.25, -0.2) is 4.79 Å². The molecule has 0 aromatic heterocycles. The van der Waals surface area contributed by atoms with E-state index in [1.54, 1.807) is 7.05 Å². The predicted octanol–water partition coefficient (Wildman–Crippen LogP) is 2.24. The molecule has 1 saturated heterocycles. The van der Waals surface area contributed by atoms with Gasteiger partial charge in [0.2, 0.25) is 17.5 Å². The van der Waals surface area contributed by atoms with Crippen LogP contribution >= 0.6 is 0 Å². The molecule has 0 saturated carbocycles. The van der Waals surface area contributed by atoms with E-state index in [4.69, 9.17) is 4.74 Å². The van der Waals surface area contributed by atoms with E-state index in [1.807, 2.05) is 38.1 Å². The van der Waals surface area contributed by atoms with Gasteiger partial charge >= 0.3 is 6.09 Å². The second-order valence-electron chi connectivity index (χ2n) is 11.4. The van der Waals surface area contributed by atoms with Crippen LogP contribution in [0.3, 0.4) is 0 Å². The first-order valence-electron chi connectivity index (χ1n) is 14.7. The number of hydrogen-bond acceptors (Lipinski definition) is 8. The maximum Gasteiger partial charge on any atom is 0.407 e. The van der Waals surface area contributed by atoms with Crippen molar-refractivity contribution in [2.75, 3.05) is 39.9 Å². The molecule has 1 heterocycles. The van der Waals surface area contributed by atoms with E-state index in [-0.39, 0.29) is 43.5 Å². The van der Waals surface area contributed by atoms with E-state index < -0.39 is 36.4 Å². The van der Waals surface area contributed by atoms with Crippen LogP contribution in [0, 0.1) is 5.92 Å². The highest BCUT2D eigenvalue weighted by molar-refractivity contribution is 6.40. The summed E-state index contributed by atoms with van der Waals surface area (Å²) in [5.41, 5.74) is 4.58. The molecule has 4 N–H and O–H groups in total. The minimum absolute atomic E-state index is 0.0451. The van der Waals surface area contributed by atoms with Crippen LogP contribution in [0.1, 0.15) is 50.2 Å². The van der Waals surface area contributed by atoms with Crippen LogP contribution in [-0.4, -0.2) is 91.6 Å². The van der Waals surface area contributed by atoms with Crippen LogP contribution in [0.25, 0.3) is 11.1 Å². The third kappa shape index (κ3) is 7.24. The van der Waals surface area contributed by atoms with Crippen molar-refractivity contribution in [1.29, 1.82) is 0 Å². The van der Waals surface area contributed by atoms with E-state index in [1.165, 1.54) is 4.90 Å². The van der Waals surface area contributed by atoms with Gasteiger partial charge < -0.3 is 30.7 Å². The Morgan fingerprint density at radius 3 is 2.26 bits per heavy atom. The molecule has 0 spiro atoms. The normalized spacial score (nSPS) is 17.5. The summed E-state index contributed by atoms with van der Waals surface area (Å²) in [6.45, 7) is 4.34. The van der Waals surface area contributed by atoms with Crippen molar-refractivity contribution in [3.63, 3.8) is 0 Å². The number of carbonyl (C=O) groups excluding carboxylic acids is 4. The lowest BCUT2D eigenvalue weighted by atomic mass is 9.98. The van der Waals surface area contributed by atoms with Gasteiger partial charge in [-0.1, -0.05) is 62.4 Å². The van der Waals surface area contributed by atoms with Gasteiger partial charge in [0.05, 0.1) is 19.2 Å². The Kier molecular flexibility index (Phi) is 10.8. The molecular weight excluding hydrogens is 536 g/mol. The van der Waals surface area contributed by atoms with Gasteiger partial charge in [0, 0.05) is 25.0 Å². The van der Waals surface area contributed by atoms with Gasteiger partial charge in [-0.2, -0.15) is 0 Å². The third-order valence-corrected chi connectivity index (χ3v) is 8.04. The Hall–Kier alpha value is -3.60. The lowest BCUT2D eigenvalue weighted by Gasteiger charge is -2.27. The van der Waals surface area contributed by atoms with E-state index in [2.05, 4.69) is 40.2 Å². The van der Waals surface area contributed by atoms with E-state index in [0.29, 0.717) is 25.8 Å². The van der Waals surface area contributed by atoms with Crippen LogP contribution in [-0.2, 0) is 19.1 Å². The molecule has 1 aliphatic carbocycles. The number of aliphatic hydroxyl groups excluding tert-OH is 1. The number of likely N-dealkylation sites (tertiary alicyclic amines) is 1. The van der Waals surface area contributed by atoms with Crippen LogP contribution in [0.15, 0.2) is 48.5 Å². The Bertz CT molecular complexity index is 1230. The van der Waals surface area contributed by atoms with Crippen LogP contribution < -0.4 is 16.0 Å². The zero-order valence-corrected chi connectivity index (χ0v) is 24.6. The quantitative estimate of drug-likeness (QED) is 0.251. The molecule has 0 unspecified atom stereocenters. The number of ether oxygens (including phenoxy) is 1. The maximum atomic E-state index is 12.9. The lowest BCUT2D eigenvalue weighted by molar-refractivity contribution is -0.144. The zero-order chi connectivity index (χ0) is 30.2. The largest absolute Gasteiger partial charge is 0.449 e. The highest BCUT2D eigenvalue weighted by Crippen LogP contribution is 2.44. The number of likely N-dealkylation sites (N-methyl/N-ethyl adjacent to an activating group) is 1. The molecule has 10 heteroatoms. The number of alkyl carbamates (subject to hydrolysis) is 1. The monoisotopic (exact) mass is 578 g/mol. The highest BCUT2D eigenvalue weighted by Gasteiger charge is 2.38. The molecule has 4 rings (SSSR count). The molecule has 1 aliphatic heterocycles. The molecule has 2 amide bonds. The maximum absolute atomic E-state index is 12.9. The number of rotatable bonds is 14. The zero-order valence-electron chi connectivity index (χ0n) is 24.6. The molecule has 226 valence electrons. The van der Waals surface area contributed by atoms with Gasteiger partial charge in [-0.15, -0.1) is 0 Å². The molecule has 42 heavy (non-hydrogen) atoms. The second kappa shape index (κ2) is 14.5. The topological polar surface area (TPSA) is 137 Å². The average Bonchev–Trinajstić information content (AvgIpc) is 3.59. The minimum Gasteiger partial charge on any atom is -0.449 e. The van der Waals surface area contributed by atoms with Crippen LogP contribution in [0.5, 0.6) is 0 Å². The molecule has 2 aromatic rings. The van der Waals surface area contributed by atoms with Crippen molar-refractivity contribution in [3.8, 4) is 11.1 Å². The van der Waals surface area contributed by atoms with Gasteiger partial charge in [-0.3, -0.25) is 14.4 Å². The molecule has 3 atom stereocenters. The first-order valence-corrected chi connectivity index (χ1v) is 14.7. The summed E-state index contributed by atoms with van der Waals surface area (Å²) in [7, 11) is 1.56. The van der Waals surface area contributed by atoms with E-state index >= 15 is 0 Å². The van der Waals surface area contributed by atoms with E-state index in [9.17, 15) is 24.3 Å². The fraction of sp³-hybridized carbons (Fsp3) is 0.500. The Labute approximate surface area is 247 Å². The summed E-state index contributed by atoms with van der Waals surface area (Å²) in [5, 5.41) is 18.1. The average molecular weight is 579 g/mol. The number of nitrogens with one attached hydrogen (secondary N) is 3. The summed E-state index contributed by atoms with van der Waals surface area (Å²) in [5.74, 6) is -1.40. The number of amides is 2. The fourth-order valence-electron chi connectivity index (χ4n) is 6.00. The highest BCUT2D eigenvalue weighted by atomic mass is 16.5. The van der Waals surface area contributed by atoms with Crippen molar-refractivity contribution < 1.29 is 29.0 Å². The van der Waals surface area contributed by atoms with E-state index in [0.717, 1.165) is 22.3 Å². The van der Waals surface area contributed by atoms with Crippen molar-refractivity contribution >= 4 is 23.6 Å². The smallest absolute Gasteiger partial charge is 0.407 e. The standard InChI is InChI=1S/C32H42N4O6/c1-20(2)15-21(16-34-17-29(38)30(39)28-13-8-14-36(28)31(40)27(18-37)33-3)35-32(41)42-19-26-24-11-6-4-9-22(24)23-10-5-7-12-25(23)26/h4-7,9-12,20-21,26-28,33-34,37H,8,13-19H2,1-3H3,(H,35,41)/t21-,27-,28-/m0/s1. The summed E-state index contributed by atoms with van der Waals surface area (Å²) >= 11 is 0. The summed E-state index contributed by atoms with van der Waals surface area (Å²) < 4.78 is 5.70. The molecule has 1 fully saturated rings. The summed E-state index contributed by atoms with van der Waals surface area (Å²) in [6.07, 6.45) is 1.15. The Morgan fingerprint density at radius 2 is 1.67 bits per heavy atom. The van der Waals surface area contributed by atoms with Gasteiger partial charge in [0.15, 0.2) is 0 Å². The molecular formula is C32H42N4O6. The first kappa shape index (κ1) is 31.3. The van der Waals surface area contributed by atoms with Gasteiger partial charge in [-0.05, 0) is 54.5 Å². The fourth-order valence-corrected chi connectivity index (χ4v) is 6.00. The first-order chi connectivity index (χ1) is 20.2. The van der Waals surface area contributed by atoms with Crippen molar-refractivity contribution in [1.82, 2.24) is 20.9 Å². The number of fused-ring (bicyclic) bond motifs is 3. The van der Waals surface area contributed by atoms with Crippen LogP contribution in [0.2, 0.25) is 0 Å². The predicted molar refractivity (Wildman–Crippen MR) is 159 cm³/mol. The number of aliphatic hydroxyl groups is 1. The lowest BCUT2D eigenvalue weighted by Crippen LogP contribution is -2.52. The number of hydrogen-bond donors (Lipinski definition) is 4. The third-order valence-electron chi connectivity index (χ3n) is 8.04. The molecule has 0 radical (unpaired) electrons. The summed E-state index contributed by atoms with van der Waals surface area (Å²) in [6, 6.07) is 14.4. The van der Waals surface area contributed by atoms with Gasteiger partial charge in [0.1, 0.15) is 12.6 Å². The number of carbonyl (C=O) groups is 4. The molecule has 2 aromatic carbocycles. The Morgan fingerprint density at radius 1 is 1.02 bits per heavy atom. The second-order valence-corrected chi connectivity index (χ2v) is 11.4. The van der Waals surface area contributed by atoms with Gasteiger partial charge in [0.25, 0.3) is 0 Å². The summed E-state index contributed by atoms with van der Waals surface area (Å²) in [4.78, 5) is 52.6.